The van der Waals surface area contributed by atoms with Gasteiger partial charge in [0.25, 0.3) is 11.1 Å². The molecule has 41 heavy (non-hydrogen) atoms. The lowest BCUT2D eigenvalue weighted by Crippen LogP contribution is -2.36. The highest BCUT2D eigenvalue weighted by Crippen LogP contribution is 2.36. The Morgan fingerprint density at radius 2 is 1.63 bits per heavy atom. The van der Waals surface area contributed by atoms with Crippen LogP contribution in [-0.2, 0) is 21.2 Å². The Labute approximate surface area is 240 Å². The van der Waals surface area contributed by atoms with Crippen LogP contribution in [0.2, 0.25) is 0 Å². The topological polar surface area (TPSA) is 80.6 Å². The van der Waals surface area contributed by atoms with Gasteiger partial charge in [0, 0.05) is 17.1 Å². The van der Waals surface area contributed by atoms with Crippen molar-refractivity contribution in [1.29, 1.82) is 0 Å². The lowest BCUT2D eigenvalue weighted by Gasteiger charge is -2.20. The highest BCUT2D eigenvalue weighted by atomic mass is 32.2. The number of amides is 3. The minimum atomic E-state index is -4.63. The minimum Gasteiger partial charge on any atom is -0.495 e. The first-order chi connectivity index (χ1) is 19.1. The number of anilines is 1. The fourth-order valence-electron chi connectivity index (χ4n) is 4.53. The number of carbonyl (C=O) groups excluding carboxylic acids is 3. The third kappa shape index (κ3) is 6.35. The number of halogens is 3. The van der Waals surface area contributed by atoms with E-state index in [1.165, 1.54) is 12.7 Å². The lowest BCUT2D eigenvalue weighted by atomic mass is 9.87. The molecule has 0 saturated carbocycles. The molecule has 1 aliphatic heterocycles. The van der Waals surface area contributed by atoms with Crippen LogP contribution >= 0.6 is 11.8 Å². The second-order valence-corrected chi connectivity index (χ2v) is 11.7. The van der Waals surface area contributed by atoms with Gasteiger partial charge in [-0.1, -0.05) is 32.9 Å². The summed E-state index contributed by atoms with van der Waals surface area (Å²) in [5, 5.41) is 1.66. The van der Waals surface area contributed by atoms with Crippen LogP contribution in [-0.4, -0.2) is 40.2 Å². The molecule has 1 N–H and O–H groups in total. The molecule has 1 fully saturated rings. The summed E-state index contributed by atoms with van der Waals surface area (Å²) < 4.78 is 46.5. The Kier molecular flexibility index (Phi) is 8.13. The Morgan fingerprint density at radius 1 is 1.00 bits per heavy atom. The molecule has 1 saturated heterocycles. The molecule has 3 aromatic rings. The Bertz CT molecular complexity index is 1550. The van der Waals surface area contributed by atoms with E-state index in [0.717, 1.165) is 45.7 Å². The van der Waals surface area contributed by atoms with Gasteiger partial charge in [-0.3, -0.25) is 19.3 Å². The number of nitrogens with zero attached hydrogens (tertiary/aromatic N) is 2. The Hall–Kier alpha value is -3.99. The number of rotatable bonds is 6. The first kappa shape index (κ1) is 30.0. The summed E-state index contributed by atoms with van der Waals surface area (Å²) in [6, 6.07) is 12.8. The number of carbonyl (C=O) groups is 3. The van der Waals surface area contributed by atoms with Crippen molar-refractivity contribution in [3.8, 4) is 11.4 Å². The molecule has 11 heteroatoms. The van der Waals surface area contributed by atoms with E-state index in [1.807, 2.05) is 32.0 Å². The molecular formula is C30H30F3N3O4S. The molecule has 7 nitrogen and oxygen atoms in total. The monoisotopic (exact) mass is 585 g/mol. The van der Waals surface area contributed by atoms with Gasteiger partial charge in [-0.25, -0.2) is 0 Å². The van der Waals surface area contributed by atoms with Gasteiger partial charge in [0.15, 0.2) is 0 Å². The highest BCUT2D eigenvalue weighted by Gasteiger charge is 2.37. The normalized spacial score (nSPS) is 15.1. The molecule has 0 atom stereocenters. The summed E-state index contributed by atoms with van der Waals surface area (Å²) in [4.78, 5) is 39.3. The Morgan fingerprint density at radius 3 is 2.22 bits per heavy atom. The van der Waals surface area contributed by atoms with E-state index in [0.29, 0.717) is 11.8 Å². The maximum Gasteiger partial charge on any atom is 0.416 e. The summed E-state index contributed by atoms with van der Waals surface area (Å²) in [6.45, 7) is 9.62. The van der Waals surface area contributed by atoms with Crippen molar-refractivity contribution in [3.05, 3.63) is 81.5 Å². The van der Waals surface area contributed by atoms with Crippen molar-refractivity contribution in [1.82, 2.24) is 9.47 Å². The highest BCUT2D eigenvalue weighted by molar-refractivity contribution is 8.18. The third-order valence-electron chi connectivity index (χ3n) is 6.72. The molecular weight excluding hydrogens is 555 g/mol. The molecule has 0 spiro atoms. The van der Waals surface area contributed by atoms with Crippen LogP contribution in [0.25, 0.3) is 11.8 Å². The number of aromatic nitrogens is 1. The van der Waals surface area contributed by atoms with Crippen LogP contribution in [0, 0.1) is 13.8 Å². The SMILES string of the molecule is COc1ccc(C(F)(F)F)cc1NC(=O)CN1C(=O)S/C(=C\c2cc(C)n(-c3ccc(C(C)(C)C)cc3)c2C)C1=O. The summed E-state index contributed by atoms with van der Waals surface area (Å²) in [6.07, 6.45) is -3.02. The van der Waals surface area contributed by atoms with E-state index in [2.05, 4.69) is 42.8 Å². The van der Waals surface area contributed by atoms with E-state index < -0.39 is 35.3 Å². The maximum atomic E-state index is 13.1. The predicted molar refractivity (Wildman–Crippen MR) is 153 cm³/mol. The number of hydrogen-bond acceptors (Lipinski definition) is 5. The fourth-order valence-corrected chi connectivity index (χ4v) is 5.36. The molecule has 0 unspecified atom stereocenters. The fraction of sp³-hybridized carbons (Fsp3) is 0.300. The zero-order chi connectivity index (χ0) is 30.3. The number of hydrogen-bond donors (Lipinski definition) is 1. The average molecular weight is 586 g/mol. The third-order valence-corrected chi connectivity index (χ3v) is 7.63. The van der Waals surface area contributed by atoms with E-state index in [-0.39, 0.29) is 21.8 Å². The molecule has 2 heterocycles. The van der Waals surface area contributed by atoms with Crippen molar-refractivity contribution in [2.75, 3.05) is 19.0 Å². The zero-order valence-corrected chi connectivity index (χ0v) is 24.3. The van der Waals surface area contributed by atoms with Crippen LogP contribution < -0.4 is 10.1 Å². The number of aryl methyl sites for hydroxylation is 1. The predicted octanol–water partition coefficient (Wildman–Crippen LogP) is 7.09. The van der Waals surface area contributed by atoms with Gasteiger partial charge >= 0.3 is 6.18 Å². The van der Waals surface area contributed by atoms with Crippen molar-refractivity contribution in [2.45, 2.75) is 46.2 Å². The molecule has 0 aliphatic carbocycles. The second-order valence-electron chi connectivity index (χ2n) is 10.7. The lowest BCUT2D eigenvalue weighted by molar-refractivity contribution is -0.137. The minimum absolute atomic E-state index is 0.00351. The van der Waals surface area contributed by atoms with Crippen molar-refractivity contribution in [2.24, 2.45) is 0 Å². The van der Waals surface area contributed by atoms with Crippen molar-refractivity contribution in [3.63, 3.8) is 0 Å². The van der Waals surface area contributed by atoms with Gasteiger partial charge in [0.2, 0.25) is 5.91 Å². The smallest absolute Gasteiger partial charge is 0.416 e. The Balaban J connectivity index is 1.53. The molecule has 4 rings (SSSR count). The van der Waals surface area contributed by atoms with Crippen LogP contribution in [0.1, 0.15) is 48.8 Å². The van der Waals surface area contributed by atoms with Crippen LogP contribution in [0.5, 0.6) is 5.75 Å². The van der Waals surface area contributed by atoms with Gasteiger partial charge in [0.05, 0.1) is 23.3 Å². The van der Waals surface area contributed by atoms with E-state index >= 15 is 0 Å². The second kappa shape index (κ2) is 11.1. The average Bonchev–Trinajstić information content (AvgIpc) is 3.31. The van der Waals surface area contributed by atoms with E-state index in [9.17, 15) is 27.6 Å². The number of thioether (sulfide) groups is 1. The van der Waals surface area contributed by atoms with Gasteiger partial charge in [0.1, 0.15) is 12.3 Å². The van der Waals surface area contributed by atoms with Gasteiger partial charge < -0.3 is 14.6 Å². The standard InChI is InChI=1S/C30H30F3N3O4S/c1-17-13-19(18(2)36(17)22-10-7-20(8-11-22)29(3,4)5)14-25-27(38)35(28(39)41-25)16-26(37)34-23-15-21(30(31,32)33)9-12-24(23)40-6/h7-15H,16H2,1-6H3,(H,34,37)/b25-14-. The van der Waals surface area contributed by atoms with E-state index in [4.69, 9.17) is 4.74 Å². The van der Waals surface area contributed by atoms with Crippen molar-refractivity contribution < 1.29 is 32.3 Å². The summed E-state index contributed by atoms with van der Waals surface area (Å²) in [5.74, 6) is -1.50. The molecule has 3 amide bonds. The van der Waals surface area contributed by atoms with Gasteiger partial charge in [-0.05, 0) is 84.6 Å². The molecule has 1 aliphatic rings. The first-order valence-electron chi connectivity index (χ1n) is 12.7. The number of alkyl halides is 3. The summed E-state index contributed by atoms with van der Waals surface area (Å²) in [7, 11) is 1.25. The zero-order valence-electron chi connectivity index (χ0n) is 23.5. The summed E-state index contributed by atoms with van der Waals surface area (Å²) in [5.41, 5.74) is 3.52. The number of methoxy groups -OCH3 is 1. The van der Waals surface area contributed by atoms with Gasteiger partial charge in [-0.2, -0.15) is 13.2 Å². The number of ether oxygens (including phenoxy) is 1. The number of benzene rings is 2. The molecule has 0 bridgehead atoms. The quantitative estimate of drug-likeness (QED) is 0.312. The first-order valence-corrected chi connectivity index (χ1v) is 13.5. The molecule has 1 aromatic heterocycles. The van der Waals surface area contributed by atoms with Crippen molar-refractivity contribution >= 4 is 40.6 Å². The van der Waals surface area contributed by atoms with Crippen LogP contribution in [0.4, 0.5) is 23.7 Å². The molecule has 0 radical (unpaired) electrons. The summed E-state index contributed by atoms with van der Waals surface area (Å²) >= 11 is 0.699. The molecule has 216 valence electrons. The van der Waals surface area contributed by atoms with E-state index in [1.54, 1.807) is 6.08 Å². The van der Waals surface area contributed by atoms with Crippen LogP contribution in [0.15, 0.2) is 53.4 Å². The number of nitrogens with one attached hydrogen (secondary N) is 1. The van der Waals surface area contributed by atoms with Gasteiger partial charge in [-0.15, -0.1) is 0 Å². The largest absolute Gasteiger partial charge is 0.495 e. The van der Waals surface area contributed by atoms with Crippen LogP contribution in [0.3, 0.4) is 0 Å². The molecule has 2 aromatic carbocycles. The number of imide groups is 1. The maximum absolute atomic E-state index is 13.1.